The molecule has 122 valence electrons. The lowest BCUT2D eigenvalue weighted by Crippen LogP contribution is -2.60. The zero-order valence-corrected chi connectivity index (χ0v) is 13.4. The third-order valence-electron chi connectivity index (χ3n) is 4.89. The summed E-state index contributed by atoms with van der Waals surface area (Å²) in [6.07, 6.45) is 5.03. The summed E-state index contributed by atoms with van der Waals surface area (Å²) in [6, 6.07) is 1.97. The normalized spacial score (nSPS) is 22.7. The fourth-order valence-electron chi connectivity index (χ4n) is 3.54. The molecule has 1 aliphatic heterocycles. The lowest BCUT2D eigenvalue weighted by molar-refractivity contribution is -0.140. The summed E-state index contributed by atoms with van der Waals surface area (Å²) in [6.45, 7) is 5.94. The Morgan fingerprint density at radius 3 is 2.55 bits per heavy atom. The molecule has 2 aliphatic rings. The summed E-state index contributed by atoms with van der Waals surface area (Å²) >= 11 is 0. The van der Waals surface area contributed by atoms with Crippen LogP contribution in [0.1, 0.15) is 43.6 Å². The van der Waals surface area contributed by atoms with Crippen molar-refractivity contribution in [1.82, 2.24) is 15.0 Å². The Morgan fingerprint density at radius 2 is 1.95 bits per heavy atom. The van der Waals surface area contributed by atoms with Crippen molar-refractivity contribution in [3.8, 4) is 0 Å². The third kappa shape index (κ3) is 3.33. The number of hydrogen-bond acceptors (Lipinski definition) is 5. The van der Waals surface area contributed by atoms with Gasteiger partial charge in [0, 0.05) is 38.8 Å². The van der Waals surface area contributed by atoms with E-state index in [1.54, 1.807) is 0 Å². The molecule has 1 saturated carbocycles. The van der Waals surface area contributed by atoms with Gasteiger partial charge in [0.05, 0.1) is 11.2 Å². The van der Waals surface area contributed by atoms with Gasteiger partial charge in [-0.25, -0.2) is 0 Å². The van der Waals surface area contributed by atoms with Gasteiger partial charge in [0.25, 0.3) is 0 Å². The second-order valence-corrected chi connectivity index (χ2v) is 6.71. The molecule has 1 aliphatic carbocycles. The molecule has 0 aromatic carbocycles. The zero-order valence-electron chi connectivity index (χ0n) is 13.4. The number of nitrogens with two attached hydrogens (primary N) is 1. The smallest absolute Gasteiger partial charge is 0.242 e. The van der Waals surface area contributed by atoms with E-state index in [-0.39, 0.29) is 5.91 Å². The van der Waals surface area contributed by atoms with E-state index in [4.69, 9.17) is 10.3 Å². The fraction of sp³-hybridized carbons (Fsp3) is 0.750. The molecule has 22 heavy (non-hydrogen) atoms. The number of carbonyl (C=O) groups is 1. The largest absolute Gasteiger partial charge is 0.361 e. The van der Waals surface area contributed by atoms with Crippen LogP contribution in [0.3, 0.4) is 0 Å². The SMILES string of the molecule is Cc1cc(CN2CCN(C(=O)C3(N)CCCCC3)CC2)no1. The van der Waals surface area contributed by atoms with Crippen molar-refractivity contribution in [2.75, 3.05) is 26.2 Å². The van der Waals surface area contributed by atoms with Gasteiger partial charge in [0.15, 0.2) is 0 Å². The average molecular weight is 306 g/mol. The van der Waals surface area contributed by atoms with Gasteiger partial charge in [-0.2, -0.15) is 0 Å². The molecule has 1 aromatic heterocycles. The summed E-state index contributed by atoms with van der Waals surface area (Å²) in [5.41, 5.74) is 6.72. The fourth-order valence-corrected chi connectivity index (χ4v) is 3.54. The Balaban J connectivity index is 1.51. The lowest BCUT2D eigenvalue weighted by Gasteiger charge is -2.40. The molecule has 2 heterocycles. The van der Waals surface area contributed by atoms with Crippen LogP contribution in [0.2, 0.25) is 0 Å². The zero-order chi connectivity index (χ0) is 15.6. The van der Waals surface area contributed by atoms with E-state index in [1.807, 2.05) is 17.9 Å². The van der Waals surface area contributed by atoms with Crippen molar-refractivity contribution in [2.45, 2.75) is 51.1 Å². The highest BCUT2D eigenvalue weighted by Gasteiger charge is 2.39. The van der Waals surface area contributed by atoms with Crippen LogP contribution in [0.5, 0.6) is 0 Å². The van der Waals surface area contributed by atoms with Crippen LogP contribution in [-0.4, -0.2) is 52.6 Å². The summed E-state index contributed by atoms with van der Waals surface area (Å²) in [5.74, 6) is 0.996. The van der Waals surface area contributed by atoms with Gasteiger partial charge in [0.1, 0.15) is 5.76 Å². The molecule has 2 fully saturated rings. The monoisotopic (exact) mass is 306 g/mol. The maximum absolute atomic E-state index is 12.7. The molecule has 0 atom stereocenters. The molecule has 3 rings (SSSR count). The van der Waals surface area contributed by atoms with Gasteiger partial charge < -0.3 is 15.2 Å². The van der Waals surface area contributed by atoms with Crippen LogP contribution < -0.4 is 5.73 Å². The van der Waals surface area contributed by atoms with Crippen LogP contribution in [0.25, 0.3) is 0 Å². The molecular weight excluding hydrogens is 280 g/mol. The van der Waals surface area contributed by atoms with Crippen LogP contribution >= 0.6 is 0 Å². The first-order valence-corrected chi connectivity index (χ1v) is 8.30. The number of carbonyl (C=O) groups excluding carboxylic acids is 1. The van der Waals surface area contributed by atoms with E-state index in [0.717, 1.165) is 69.9 Å². The highest BCUT2D eigenvalue weighted by Crippen LogP contribution is 2.28. The summed E-state index contributed by atoms with van der Waals surface area (Å²) in [7, 11) is 0. The van der Waals surface area contributed by atoms with Gasteiger partial charge in [-0.05, 0) is 19.8 Å². The number of amides is 1. The first kappa shape index (κ1) is 15.5. The van der Waals surface area contributed by atoms with Crippen LogP contribution in [0, 0.1) is 6.92 Å². The lowest BCUT2D eigenvalue weighted by atomic mass is 9.81. The molecule has 1 saturated heterocycles. The first-order chi connectivity index (χ1) is 10.6. The van der Waals surface area contributed by atoms with Crippen molar-refractivity contribution in [3.05, 3.63) is 17.5 Å². The Bertz CT molecular complexity index is 514. The van der Waals surface area contributed by atoms with Gasteiger partial charge in [0.2, 0.25) is 5.91 Å². The quantitative estimate of drug-likeness (QED) is 0.910. The minimum Gasteiger partial charge on any atom is -0.361 e. The van der Waals surface area contributed by atoms with E-state index in [0.29, 0.717) is 0 Å². The molecule has 6 nitrogen and oxygen atoms in total. The number of nitrogens with zero attached hydrogens (tertiary/aromatic N) is 3. The molecule has 0 bridgehead atoms. The van der Waals surface area contributed by atoms with Gasteiger partial charge in [-0.15, -0.1) is 0 Å². The maximum Gasteiger partial charge on any atom is 0.242 e. The standard InChI is InChI=1S/C16H26N4O2/c1-13-11-14(18-22-13)12-19-7-9-20(10-8-19)15(21)16(17)5-3-2-4-6-16/h11H,2-10,12,17H2,1H3. The van der Waals surface area contributed by atoms with Gasteiger partial charge in [-0.1, -0.05) is 24.4 Å². The van der Waals surface area contributed by atoms with E-state index in [1.165, 1.54) is 6.42 Å². The van der Waals surface area contributed by atoms with Crippen LogP contribution in [-0.2, 0) is 11.3 Å². The number of aromatic nitrogens is 1. The average Bonchev–Trinajstić information content (AvgIpc) is 2.93. The van der Waals surface area contributed by atoms with Crippen LogP contribution in [0.4, 0.5) is 0 Å². The second-order valence-electron chi connectivity index (χ2n) is 6.71. The third-order valence-corrected chi connectivity index (χ3v) is 4.89. The number of rotatable bonds is 3. The number of hydrogen-bond donors (Lipinski definition) is 1. The molecular formula is C16H26N4O2. The Kier molecular flexibility index (Phi) is 4.49. The highest BCUT2D eigenvalue weighted by atomic mass is 16.5. The van der Waals surface area contributed by atoms with Crippen molar-refractivity contribution >= 4 is 5.91 Å². The summed E-state index contributed by atoms with van der Waals surface area (Å²) in [4.78, 5) is 17.0. The van der Waals surface area contributed by atoms with Gasteiger partial charge >= 0.3 is 0 Å². The minimum atomic E-state index is -0.607. The molecule has 0 spiro atoms. The highest BCUT2D eigenvalue weighted by molar-refractivity contribution is 5.86. The first-order valence-electron chi connectivity index (χ1n) is 8.30. The van der Waals surface area contributed by atoms with Crippen LogP contribution in [0.15, 0.2) is 10.6 Å². The Labute approximate surface area is 131 Å². The predicted molar refractivity (Wildman–Crippen MR) is 83.1 cm³/mol. The Hall–Kier alpha value is -1.40. The van der Waals surface area contributed by atoms with Crippen molar-refractivity contribution in [1.29, 1.82) is 0 Å². The molecule has 2 N–H and O–H groups in total. The van der Waals surface area contributed by atoms with E-state index >= 15 is 0 Å². The molecule has 0 radical (unpaired) electrons. The van der Waals surface area contributed by atoms with Gasteiger partial charge in [-0.3, -0.25) is 9.69 Å². The molecule has 6 heteroatoms. The number of piperazine rings is 1. The van der Waals surface area contributed by atoms with Crippen molar-refractivity contribution in [3.63, 3.8) is 0 Å². The van der Waals surface area contributed by atoms with E-state index in [2.05, 4.69) is 10.1 Å². The van der Waals surface area contributed by atoms with E-state index in [9.17, 15) is 4.79 Å². The summed E-state index contributed by atoms with van der Waals surface area (Å²) < 4.78 is 5.10. The predicted octanol–water partition coefficient (Wildman–Crippen LogP) is 1.29. The topological polar surface area (TPSA) is 75.6 Å². The van der Waals surface area contributed by atoms with E-state index < -0.39 is 5.54 Å². The molecule has 0 unspecified atom stereocenters. The minimum absolute atomic E-state index is 0.157. The second kappa shape index (κ2) is 6.38. The molecule has 1 amide bonds. The number of aryl methyl sites for hydroxylation is 1. The van der Waals surface area contributed by atoms with Crippen molar-refractivity contribution < 1.29 is 9.32 Å². The Morgan fingerprint density at radius 1 is 1.27 bits per heavy atom. The molecule has 1 aromatic rings. The van der Waals surface area contributed by atoms with Crippen molar-refractivity contribution in [2.24, 2.45) is 5.73 Å². The summed E-state index contributed by atoms with van der Waals surface area (Å²) in [5, 5.41) is 4.03. The maximum atomic E-state index is 12.7.